The summed E-state index contributed by atoms with van der Waals surface area (Å²) in [6.45, 7) is 4.58. The smallest absolute Gasteiger partial charge is 0.292 e. The van der Waals surface area contributed by atoms with Crippen molar-refractivity contribution in [2.45, 2.75) is 32.6 Å². The maximum absolute atomic E-state index is 2.53. The van der Waals surface area contributed by atoms with Gasteiger partial charge in [-0.15, -0.1) is 0 Å². The summed E-state index contributed by atoms with van der Waals surface area (Å²) in [6, 6.07) is 22.8. The molecule has 0 amide bonds. The summed E-state index contributed by atoms with van der Waals surface area (Å²) in [5, 5.41) is 2.61. The molecule has 3 heteroatoms. The first-order chi connectivity index (χ1) is 14.3. The van der Waals surface area contributed by atoms with Crippen LogP contribution in [0.15, 0.2) is 66.9 Å². The first-order valence-electron chi connectivity index (χ1n) is 10.9. The molecule has 0 radical (unpaired) electrons. The van der Waals surface area contributed by atoms with Crippen LogP contribution in [0.1, 0.15) is 31.7 Å². The van der Waals surface area contributed by atoms with Gasteiger partial charge in [0.1, 0.15) is 17.2 Å². The van der Waals surface area contributed by atoms with Crippen LogP contribution >= 0.6 is 0 Å². The minimum absolute atomic E-state index is 1.07. The van der Waals surface area contributed by atoms with Gasteiger partial charge in [-0.3, -0.25) is 0 Å². The number of pyridine rings is 2. The molecule has 0 N–H and O–H groups in total. The van der Waals surface area contributed by atoms with Crippen molar-refractivity contribution in [2.75, 3.05) is 18.0 Å². The number of piperidine rings is 1. The first kappa shape index (κ1) is 16.8. The summed E-state index contributed by atoms with van der Waals surface area (Å²) >= 11 is 0. The molecular formula is C26H26N3+. The highest BCUT2D eigenvalue weighted by Crippen LogP contribution is 2.26. The Morgan fingerprint density at radius 1 is 0.828 bits per heavy atom. The van der Waals surface area contributed by atoms with Crippen LogP contribution in [0.5, 0.6) is 0 Å². The van der Waals surface area contributed by atoms with E-state index >= 15 is 0 Å². The zero-order chi connectivity index (χ0) is 19.4. The lowest BCUT2D eigenvalue weighted by atomic mass is 10.1. The van der Waals surface area contributed by atoms with E-state index in [0.29, 0.717) is 0 Å². The molecule has 0 saturated carbocycles. The average molecular weight is 381 g/mol. The predicted molar refractivity (Wildman–Crippen MR) is 121 cm³/mol. The molecular weight excluding hydrogens is 354 g/mol. The number of fused-ring (bicyclic) bond motifs is 7. The second-order valence-corrected chi connectivity index (χ2v) is 8.32. The number of hydrogen-bond donors (Lipinski definition) is 0. The molecule has 4 heterocycles. The molecule has 29 heavy (non-hydrogen) atoms. The lowest BCUT2D eigenvalue weighted by Crippen LogP contribution is -2.29. The van der Waals surface area contributed by atoms with E-state index in [9.17, 15) is 0 Å². The molecule has 3 aromatic heterocycles. The van der Waals surface area contributed by atoms with Crippen LogP contribution < -0.4 is 9.30 Å². The van der Waals surface area contributed by atoms with E-state index in [1.54, 1.807) is 0 Å². The summed E-state index contributed by atoms with van der Waals surface area (Å²) < 4.78 is 4.73. The van der Waals surface area contributed by atoms with Gasteiger partial charge in [0.15, 0.2) is 5.52 Å². The second kappa shape index (κ2) is 6.48. The summed E-state index contributed by atoms with van der Waals surface area (Å²) in [5.74, 6) is 0. The van der Waals surface area contributed by atoms with Crippen LogP contribution in [0.2, 0.25) is 0 Å². The Labute approximate surface area is 170 Å². The Bertz CT molecular complexity index is 1370. The maximum atomic E-state index is 2.53. The van der Waals surface area contributed by atoms with Crippen LogP contribution in [-0.4, -0.2) is 17.5 Å². The predicted octanol–water partition coefficient (Wildman–Crippen LogP) is 5.54. The standard InChI is InChI=1S/C26H26N3/c1-2-19-6-11-25-20(16-19)7-9-23-18-28-24-12-10-22(27-14-4-3-5-15-27)17-21(24)8-13-26(28)29(23)25/h6-13,16-18H,2-5,14-15H2,1H3/q+1. The highest BCUT2D eigenvalue weighted by Gasteiger charge is 2.18. The van der Waals surface area contributed by atoms with Crippen molar-refractivity contribution >= 4 is 38.7 Å². The van der Waals surface area contributed by atoms with E-state index in [4.69, 9.17) is 0 Å². The zero-order valence-electron chi connectivity index (χ0n) is 16.9. The number of anilines is 1. The van der Waals surface area contributed by atoms with Crippen LogP contribution in [0.3, 0.4) is 0 Å². The van der Waals surface area contributed by atoms with Gasteiger partial charge >= 0.3 is 0 Å². The first-order valence-corrected chi connectivity index (χ1v) is 10.9. The summed E-state index contributed by atoms with van der Waals surface area (Å²) in [7, 11) is 0. The average Bonchev–Trinajstić information content (AvgIpc) is 3.18. The largest absolute Gasteiger partial charge is 0.372 e. The number of benzene rings is 2. The van der Waals surface area contributed by atoms with Gasteiger partial charge in [0.05, 0.1) is 0 Å². The molecule has 1 aliphatic heterocycles. The molecule has 0 aliphatic carbocycles. The third-order valence-corrected chi connectivity index (χ3v) is 6.57. The normalized spacial score (nSPS) is 15.1. The Hall–Kier alpha value is -3.07. The third kappa shape index (κ3) is 2.61. The van der Waals surface area contributed by atoms with Crippen molar-refractivity contribution < 1.29 is 4.40 Å². The number of rotatable bonds is 2. The van der Waals surface area contributed by atoms with Crippen molar-refractivity contribution in [3.8, 4) is 0 Å². The number of aryl methyl sites for hydroxylation is 1. The van der Waals surface area contributed by atoms with Crippen molar-refractivity contribution in [3.05, 3.63) is 72.4 Å². The van der Waals surface area contributed by atoms with Gasteiger partial charge < -0.3 is 4.90 Å². The Kier molecular flexibility index (Phi) is 3.77. The highest BCUT2D eigenvalue weighted by atomic mass is 15.1. The maximum Gasteiger partial charge on any atom is 0.292 e. The second-order valence-electron chi connectivity index (χ2n) is 8.32. The Balaban J connectivity index is 1.58. The zero-order valence-corrected chi connectivity index (χ0v) is 16.9. The van der Waals surface area contributed by atoms with E-state index in [1.807, 2.05) is 0 Å². The van der Waals surface area contributed by atoms with Gasteiger partial charge in [0, 0.05) is 35.6 Å². The summed E-state index contributed by atoms with van der Waals surface area (Å²) in [5.41, 5.74) is 7.73. The minimum atomic E-state index is 1.07. The summed E-state index contributed by atoms with van der Waals surface area (Å²) in [6.07, 6.45) is 7.32. The number of aromatic nitrogens is 2. The van der Waals surface area contributed by atoms with E-state index in [2.05, 4.69) is 87.5 Å². The van der Waals surface area contributed by atoms with Crippen molar-refractivity contribution in [2.24, 2.45) is 0 Å². The van der Waals surface area contributed by atoms with Crippen LogP contribution in [-0.2, 0) is 6.42 Å². The molecule has 0 spiro atoms. The van der Waals surface area contributed by atoms with Gasteiger partial charge in [-0.25, -0.2) is 0 Å². The lowest BCUT2D eigenvalue weighted by molar-refractivity contribution is -0.479. The topological polar surface area (TPSA) is 11.8 Å². The molecule has 5 aromatic rings. The van der Waals surface area contributed by atoms with Gasteiger partial charge in [-0.05, 0) is 79.8 Å². The summed E-state index contributed by atoms with van der Waals surface area (Å²) in [4.78, 5) is 2.53. The minimum Gasteiger partial charge on any atom is -0.372 e. The molecule has 1 aliphatic rings. The molecule has 0 atom stereocenters. The van der Waals surface area contributed by atoms with E-state index < -0.39 is 0 Å². The van der Waals surface area contributed by atoms with E-state index in [-0.39, 0.29) is 0 Å². The van der Waals surface area contributed by atoms with E-state index in [1.165, 1.54) is 76.6 Å². The fourth-order valence-electron chi connectivity index (χ4n) is 4.97. The third-order valence-electron chi connectivity index (χ3n) is 6.57. The van der Waals surface area contributed by atoms with Crippen LogP contribution in [0, 0.1) is 0 Å². The Morgan fingerprint density at radius 3 is 2.55 bits per heavy atom. The molecule has 6 rings (SSSR count). The molecule has 3 nitrogen and oxygen atoms in total. The molecule has 1 fully saturated rings. The van der Waals surface area contributed by atoms with Gasteiger partial charge in [-0.2, -0.15) is 8.80 Å². The number of imidazole rings is 1. The van der Waals surface area contributed by atoms with Gasteiger partial charge in [0.2, 0.25) is 0 Å². The molecule has 0 unspecified atom stereocenters. The number of nitrogens with zero attached hydrogens (tertiary/aromatic N) is 3. The van der Waals surface area contributed by atoms with Crippen LogP contribution in [0.25, 0.3) is 33.0 Å². The fourth-order valence-corrected chi connectivity index (χ4v) is 4.97. The Morgan fingerprint density at radius 2 is 1.69 bits per heavy atom. The lowest BCUT2D eigenvalue weighted by Gasteiger charge is -2.28. The number of hydrogen-bond acceptors (Lipinski definition) is 1. The molecule has 2 aromatic carbocycles. The van der Waals surface area contributed by atoms with Gasteiger partial charge in [-0.1, -0.05) is 13.0 Å². The van der Waals surface area contributed by atoms with Crippen molar-refractivity contribution in [1.82, 2.24) is 4.40 Å². The van der Waals surface area contributed by atoms with Crippen LogP contribution in [0.4, 0.5) is 5.69 Å². The SMILES string of the molecule is CCc1ccc2c(ccc3c[n+]4c5ccc(N6CCCCC6)cc5ccc4n32)c1. The molecule has 144 valence electrons. The quantitative estimate of drug-likeness (QED) is 0.366. The van der Waals surface area contributed by atoms with E-state index in [0.717, 1.165) is 6.42 Å². The highest BCUT2D eigenvalue weighted by molar-refractivity contribution is 5.87. The molecule has 0 bridgehead atoms. The van der Waals surface area contributed by atoms with Gasteiger partial charge in [0.25, 0.3) is 5.65 Å². The van der Waals surface area contributed by atoms with Crippen molar-refractivity contribution in [1.29, 1.82) is 0 Å². The van der Waals surface area contributed by atoms with Crippen molar-refractivity contribution in [3.63, 3.8) is 0 Å². The monoisotopic (exact) mass is 380 g/mol. The molecule has 1 saturated heterocycles. The fraction of sp³-hybridized carbons (Fsp3) is 0.269.